The van der Waals surface area contributed by atoms with Gasteiger partial charge in [-0.1, -0.05) is 6.07 Å². The fourth-order valence-electron chi connectivity index (χ4n) is 2.10. The second-order valence-corrected chi connectivity index (χ2v) is 5.71. The molecule has 1 aromatic carbocycles. The van der Waals surface area contributed by atoms with Gasteiger partial charge >= 0.3 is 0 Å². The molecule has 0 spiro atoms. The molecular formula is C14H17N3S. The van der Waals surface area contributed by atoms with E-state index in [1.807, 2.05) is 0 Å². The highest BCUT2D eigenvalue weighted by molar-refractivity contribution is 7.17. The smallest absolute Gasteiger partial charge is 0.189 e. The zero-order chi connectivity index (χ0) is 12.4. The van der Waals surface area contributed by atoms with Crippen molar-refractivity contribution in [1.82, 2.24) is 5.32 Å². The molecule has 0 unspecified atom stereocenters. The van der Waals surface area contributed by atoms with E-state index in [2.05, 4.69) is 40.0 Å². The van der Waals surface area contributed by atoms with Crippen molar-refractivity contribution in [2.45, 2.75) is 31.8 Å². The number of hydrogen-bond donors (Lipinski definition) is 2. The van der Waals surface area contributed by atoms with E-state index in [4.69, 9.17) is 5.73 Å². The topological polar surface area (TPSA) is 50.4 Å². The number of nitrogens with one attached hydrogen (secondary N) is 1. The Morgan fingerprint density at radius 1 is 1.39 bits per heavy atom. The fraction of sp³-hybridized carbons (Fsp3) is 0.357. The Hall–Kier alpha value is -1.55. The van der Waals surface area contributed by atoms with Gasteiger partial charge in [-0.15, -0.1) is 11.3 Å². The number of fused-ring (bicyclic) bond motifs is 1. The molecule has 1 aliphatic carbocycles. The van der Waals surface area contributed by atoms with E-state index >= 15 is 0 Å². The highest BCUT2D eigenvalue weighted by atomic mass is 32.1. The zero-order valence-corrected chi connectivity index (χ0v) is 11.0. The molecule has 18 heavy (non-hydrogen) atoms. The highest BCUT2D eigenvalue weighted by Crippen LogP contribution is 2.22. The minimum Gasteiger partial charge on any atom is -0.370 e. The third kappa shape index (κ3) is 2.48. The van der Waals surface area contributed by atoms with Crippen LogP contribution >= 0.6 is 11.3 Å². The molecule has 0 atom stereocenters. The summed E-state index contributed by atoms with van der Waals surface area (Å²) in [6, 6.07) is 9.15. The summed E-state index contributed by atoms with van der Waals surface area (Å²) in [5.74, 6) is 0.574. The van der Waals surface area contributed by atoms with E-state index in [9.17, 15) is 0 Å². The normalized spacial score (nSPS) is 16.8. The van der Waals surface area contributed by atoms with Crippen molar-refractivity contribution < 1.29 is 0 Å². The van der Waals surface area contributed by atoms with Crippen molar-refractivity contribution >= 4 is 27.4 Å². The number of rotatable bonds is 3. The van der Waals surface area contributed by atoms with Crippen LogP contribution < -0.4 is 11.1 Å². The first-order valence-electron chi connectivity index (χ1n) is 6.34. The lowest BCUT2D eigenvalue weighted by atomic mass is 9.93. The Morgan fingerprint density at radius 3 is 3.06 bits per heavy atom. The van der Waals surface area contributed by atoms with Crippen LogP contribution in [0, 0.1) is 0 Å². The summed E-state index contributed by atoms with van der Waals surface area (Å²) in [4.78, 5) is 4.39. The highest BCUT2D eigenvalue weighted by Gasteiger charge is 2.17. The minimum absolute atomic E-state index is 0.549. The number of hydrogen-bond acceptors (Lipinski definition) is 2. The molecule has 3 nitrogen and oxygen atoms in total. The van der Waals surface area contributed by atoms with E-state index in [0.717, 1.165) is 0 Å². The number of thiophene rings is 1. The second kappa shape index (κ2) is 4.98. The van der Waals surface area contributed by atoms with E-state index in [1.165, 1.54) is 34.9 Å². The monoisotopic (exact) mass is 259 g/mol. The second-order valence-electron chi connectivity index (χ2n) is 4.77. The van der Waals surface area contributed by atoms with Crippen molar-refractivity contribution in [1.29, 1.82) is 0 Å². The number of nitrogens with two attached hydrogens (primary N) is 1. The van der Waals surface area contributed by atoms with E-state index in [0.29, 0.717) is 18.5 Å². The standard InChI is InChI=1S/C14H17N3S/c15-14(17-12-2-1-3-12)16-9-10-4-5-13-11(8-10)6-7-18-13/h4-8,12H,1-3,9H2,(H3,15,16,17). The predicted octanol–water partition coefficient (Wildman–Crippen LogP) is 2.86. The molecule has 4 heteroatoms. The maximum atomic E-state index is 5.87. The third-order valence-electron chi connectivity index (χ3n) is 3.41. The molecular weight excluding hydrogens is 242 g/mol. The van der Waals surface area contributed by atoms with Gasteiger partial charge in [-0.05, 0) is 53.8 Å². The van der Waals surface area contributed by atoms with Gasteiger partial charge in [0.1, 0.15) is 0 Å². The van der Waals surface area contributed by atoms with Crippen molar-refractivity contribution in [3.63, 3.8) is 0 Å². The van der Waals surface area contributed by atoms with Crippen molar-refractivity contribution in [2.24, 2.45) is 10.7 Å². The molecule has 0 radical (unpaired) electrons. The van der Waals surface area contributed by atoms with Crippen LogP contribution in [0.3, 0.4) is 0 Å². The number of nitrogens with zero attached hydrogens (tertiary/aromatic N) is 1. The van der Waals surface area contributed by atoms with Crippen LogP contribution in [0.5, 0.6) is 0 Å². The van der Waals surface area contributed by atoms with Crippen molar-refractivity contribution in [2.75, 3.05) is 0 Å². The van der Waals surface area contributed by atoms with Crippen LogP contribution in [-0.2, 0) is 6.54 Å². The van der Waals surface area contributed by atoms with Crippen LogP contribution in [0.2, 0.25) is 0 Å². The summed E-state index contributed by atoms with van der Waals surface area (Å²) in [5.41, 5.74) is 7.07. The molecule has 0 saturated heterocycles. The molecule has 3 N–H and O–H groups in total. The lowest BCUT2D eigenvalue weighted by Gasteiger charge is -2.26. The van der Waals surface area contributed by atoms with Crippen LogP contribution in [0.25, 0.3) is 10.1 Å². The maximum absolute atomic E-state index is 5.87. The molecule has 2 aromatic rings. The minimum atomic E-state index is 0.549. The van der Waals surface area contributed by atoms with Gasteiger partial charge in [0.2, 0.25) is 0 Å². The average Bonchev–Trinajstić information content (AvgIpc) is 2.78. The van der Waals surface area contributed by atoms with Crippen LogP contribution in [0.15, 0.2) is 34.6 Å². The number of guanidine groups is 1. The molecule has 0 aliphatic heterocycles. The molecule has 0 bridgehead atoms. The molecule has 1 fully saturated rings. The molecule has 1 heterocycles. The summed E-state index contributed by atoms with van der Waals surface area (Å²) in [5, 5.41) is 6.65. The van der Waals surface area contributed by atoms with Crippen LogP contribution in [0.4, 0.5) is 0 Å². The Kier molecular flexibility index (Phi) is 3.19. The lowest BCUT2D eigenvalue weighted by molar-refractivity contribution is 0.382. The van der Waals surface area contributed by atoms with Gasteiger partial charge in [0.05, 0.1) is 6.54 Å². The van der Waals surface area contributed by atoms with Gasteiger partial charge < -0.3 is 11.1 Å². The van der Waals surface area contributed by atoms with Crippen LogP contribution in [-0.4, -0.2) is 12.0 Å². The zero-order valence-electron chi connectivity index (χ0n) is 10.2. The average molecular weight is 259 g/mol. The van der Waals surface area contributed by atoms with Crippen molar-refractivity contribution in [3.05, 3.63) is 35.2 Å². The van der Waals surface area contributed by atoms with E-state index in [-0.39, 0.29) is 0 Å². The first-order chi connectivity index (χ1) is 8.81. The summed E-state index contributed by atoms with van der Waals surface area (Å²) in [6.07, 6.45) is 3.74. The first-order valence-corrected chi connectivity index (χ1v) is 7.22. The largest absolute Gasteiger partial charge is 0.370 e. The van der Waals surface area contributed by atoms with Gasteiger partial charge in [-0.3, -0.25) is 0 Å². The molecule has 1 aliphatic rings. The number of benzene rings is 1. The maximum Gasteiger partial charge on any atom is 0.189 e. The lowest BCUT2D eigenvalue weighted by Crippen LogP contribution is -2.43. The van der Waals surface area contributed by atoms with Gasteiger partial charge in [-0.2, -0.15) is 0 Å². The Balaban J connectivity index is 1.65. The molecule has 1 saturated carbocycles. The molecule has 1 aromatic heterocycles. The summed E-state index contributed by atoms with van der Waals surface area (Å²) < 4.78 is 1.32. The molecule has 94 valence electrons. The Labute approximate surface area is 111 Å². The van der Waals surface area contributed by atoms with E-state index < -0.39 is 0 Å². The fourth-order valence-corrected chi connectivity index (χ4v) is 2.87. The summed E-state index contributed by atoms with van der Waals surface area (Å²) in [6.45, 7) is 0.650. The Morgan fingerprint density at radius 2 is 2.28 bits per heavy atom. The van der Waals surface area contributed by atoms with Gasteiger partial charge in [0, 0.05) is 10.7 Å². The number of aliphatic imine (C=N–C) groups is 1. The quantitative estimate of drug-likeness (QED) is 0.658. The van der Waals surface area contributed by atoms with Crippen molar-refractivity contribution in [3.8, 4) is 0 Å². The first kappa shape index (κ1) is 11.5. The summed E-state index contributed by atoms with van der Waals surface area (Å²) in [7, 11) is 0. The SMILES string of the molecule is NC(=NCc1ccc2sccc2c1)NC1CCC1. The van der Waals surface area contributed by atoms with Gasteiger partial charge in [-0.25, -0.2) is 4.99 Å². The van der Waals surface area contributed by atoms with Crippen LogP contribution in [0.1, 0.15) is 24.8 Å². The third-order valence-corrected chi connectivity index (χ3v) is 4.30. The predicted molar refractivity (Wildman–Crippen MR) is 77.9 cm³/mol. The molecule has 3 rings (SSSR count). The molecule has 0 amide bonds. The van der Waals surface area contributed by atoms with E-state index in [1.54, 1.807) is 11.3 Å². The summed E-state index contributed by atoms with van der Waals surface area (Å²) >= 11 is 1.77. The van der Waals surface area contributed by atoms with Gasteiger partial charge in [0.25, 0.3) is 0 Å². The Bertz CT molecular complexity index is 569. The van der Waals surface area contributed by atoms with Gasteiger partial charge in [0.15, 0.2) is 5.96 Å².